The Morgan fingerprint density at radius 3 is 2.68 bits per heavy atom. The molecule has 22 heavy (non-hydrogen) atoms. The number of rotatable bonds is 10. The van der Waals surface area contributed by atoms with Crippen molar-refractivity contribution in [3.05, 3.63) is 0 Å². The molecule has 2 aliphatic rings. The van der Waals surface area contributed by atoms with Gasteiger partial charge in [0.2, 0.25) is 0 Å². The zero-order chi connectivity index (χ0) is 15.9. The highest BCUT2D eigenvalue weighted by molar-refractivity contribution is 7.09. The molecule has 7 atom stereocenters. The normalized spacial score (nSPS) is 35.7. The molecule has 0 aromatic heterocycles. The van der Waals surface area contributed by atoms with Crippen LogP contribution in [0.1, 0.15) is 71.1 Å². The zero-order valence-electron chi connectivity index (χ0n) is 13.8. The molecule has 2 fully saturated rings. The van der Waals surface area contributed by atoms with Gasteiger partial charge in [0.25, 0.3) is 0 Å². The lowest BCUT2D eigenvalue weighted by atomic mass is 9.87. The van der Waals surface area contributed by atoms with E-state index in [-0.39, 0.29) is 18.3 Å². The van der Waals surface area contributed by atoms with Crippen molar-refractivity contribution in [2.75, 3.05) is 0 Å². The molecule has 4 nitrogen and oxygen atoms in total. The van der Waals surface area contributed by atoms with Crippen molar-refractivity contribution in [3.63, 3.8) is 0 Å². The van der Waals surface area contributed by atoms with E-state index in [1.165, 1.54) is 25.7 Å². The van der Waals surface area contributed by atoms with Gasteiger partial charge in [0.05, 0.1) is 18.3 Å². The monoisotopic (exact) mass is 332 g/mol. The highest BCUT2D eigenvalue weighted by Crippen LogP contribution is 2.46. The summed E-state index contributed by atoms with van der Waals surface area (Å²) in [5, 5.41) is 19.8. The number of aliphatic hydroxyl groups excluding tert-OH is 2. The van der Waals surface area contributed by atoms with Crippen molar-refractivity contribution < 1.29 is 19.5 Å². The summed E-state index contributed by atoms with van der Waals surface area (Å²) in [6, 6.07) is 0. The number of fused-ring (bicyclic) bond motifs is 1. The molecule has 1 saturated heterocycles. The van der Waals surface area contributed by atoms with E-state index < -0.39 is 6.29 Å². The second-order valence-corrected chi connectivity index (χ2v) is 7.31. The van der Waals surface area contributed by atoms with Crippen molar-refractivity contribution in [2.45, 2.75) is 95.7 Å². The predicted octanol–water partition coefficient (Wildman–Crippen LogP) is 3.41. The van der Waals surface area contributed by atoms with Crippen LogP contribution in [0, 0.1) is 11.8 Å². The topological polar surface area (TPSA) is 58.9 Å². The van der Waals surface area contributed by atoms with Gasteiger partial charge in [-0.15, -0.1) is 0 Å². The first-order valence-corrected chi connectivity index (χ1v) is 9.50. The molecular weight excluding hydrogens is 299 g/mol. The lowest BCUT2D eigenvalue weighted by Gasteiger charge is -2.23. The standard InChI is InChI=1S/C17H33O4P/c1-2-3-4-5-6-7-12(18)8-9-13-14-10-17(19)20-15(14)11-16(13)21-22/h12-19H,2-11,22H2,1H3/t12?,13-,14-,15+,16-,17?/m1/s1. The molecule has 1 aliphatic carbocycles. The molecule has 2 rings (SSSR count). The highest BCUT2D eigenvalue weighted by atomic mass is 31.0. The van der Waals surface area contributed by atoms with Crippen LogP contribution in [-0.2, 0) is 9.26 Å². The fraction of sp³-hybridized carbons (Fsp3) is 1.00. The van der Waals surface area contributed by atoms with Crippen LogP contribution in [-0.4, -0.2) is 34.8 Å². The SMILES string of the molecule is CCCCCCCC(O)CC[C@@H]1[C@H]2CC(O)O[C@H]2C[C@H]1OP. The Morgan fingerprint density at radius 2 is 1.95 bits per heavy atom. The molecule has 2 N–H and O–H groups in total. The minimum absolute atomic E-state index is 0.136. The first kappa shape index (κ1) is 18.6. The van der Waals surface area contributed by atoms with E-state index in [1.807, 2.05) is 0 Å². The minimum Gasteiger partial charge on any atom is -0.393 e. The molecule has 1 heterocycles. The van der Waals surface area contributed by atoms with Gasteiger partial charge >= 0.3 is 0 Å². The molecule has 0 aromatic carbocycles. The Hall–Kier alpha value is 0.270. The molecule has 130 valence electrons. The van der Waals surface area contributed by atoms with Crippen LogP contribution in [0.4, 0.5) is 0 Å². The predicted molar refractivity (Wildman–Crippen MR) is 90.3 cm³/mol. The van der Waals surface area contributed by atoms with Crippen molar-refractivity contribution in [1.82, 2.24) is 0 Å². The van der Waals surface area contributed by atoms with E-state index in [0.717, 1.165) is 32.1 Å². The van der Waals surface area contributed by atoms with Crippen LogP contribution in [0.3, 0.4) is 0 Å². The second-order valence-electron chi connectivity index (χ2n) is 7.04. The minimum atomic E-state index is -0.605. The zero-order valence-corrected chi connectivity index (χ0v) is 15.0. The Bertz CT molecular complexity index is 315. The third-order valence-electron chi connectivity index (χ3n) is 5.42. The van der Waals surface area contributed by atoms with Gasteiger partial charge in [-0.25, -0.2) is 0 Å². The maximum atomic E-state index is 10.2. The van der Waals surface area contributed by atoms with E-state index in [0.29, 0.717) is 18.3 Å². The Balaban J connectivity index is 1.68. The Labute approximate surface area is 137 Å². The van der Waals surface area contributed by atoms with Gasteiger partial charge in [-0.05, 0) is 31.1 Å². The third kappa shape index (κ3) is 5.14. The summed E-state index contributed by atoms with van der Waals surface area (Å²) < 4.78 is 11.1. The second kappa shape index (κ2) is 9.54. The fourth-order valence-corrected chi connectivity index (χ4v) is 4.49. The Morgan fingerprint density at radius 1 is 1.18 bits per heavy atom. The summed E-state index contributed by atoms with van der Waals surface area (Å²) in [6.45, 7) is 2.22. The molecule has 0 amide bonds. The summed E-state index contributed by atoms with van der Waals surface area (Å²) in [6.07, 6.45) is 10.0. The van der Waals surface area contributed by atoms with Gasteiger partial charge in [0, 0.05) is 22.3 Å². The summed E-state index contributed by atoms with van der Waals surface area (Å²) in [5.41, 5.74) is 0. The fourth-order valence-electron chi connectivity index (χ4n) is 4.17. The van der Waals surface area contributed by atoms with Crippen molar-refractivity contribution in [3.8, 4) is 0 Å². The van der Waals surface area contributed by atoms with Gasteiger partial charge in [0.15, 0.2) is 6.29 Å². The van der Waals surface area contributed by atoms with E-state index in [9.17, 15) is 10.2 Å². The summed E-state index contributed by atoms with van der Waals surface area (Å²) >= 11 is 0. The smallest absolute Gasteiger partial charge is 0.155 e. The van der Waals surface area contributed by atoms with E-state index in [1.54, 1.807) is 0 Å². The average Bonchev–Trinajstić information content (AvgIpc) is 3.00. The van der Waals surface area contributed by atoms with Crippen LogP contribution in [0.15, 0.2) is 0 Å². The van der Waals surface area contributed by atoms with Gasteiger partial charge in [-0.3, -0.25) is 0 Å². The van der Waals surface area contributed by atoms with Crippen LogP contribution >= 0.6 is 9.47 Å². The van der Waals surface area contributed by atoms with Crippen LogP contribution in [0.25, 0.3) is 0 Å². The molecule has 0 bridgehead atoms. The van der Waals surface area contributed by atoms with Crippen LogP contribution < -0.4 is 0 Å². The molecular formula is C17H33O4P. The largest absolute Gasteiger partial charge is 0.393 e. The number of ether oxygens (including phenoxy) is 1. The highest BCUT2D eigenvalue weighted by Gasteiger charge is 2.49. The summed E-state index contributed by atoms with van der Waals surface area (Å²) in [4.78, 5) is 0. The molecule has 1 aliphatic heterocycles. The summed E-state index contributed by atoms with van der Waals surface area (Å²) in [7, 11) is 2.37. The first-order chi connectivity index (χ1) is 10.7. The molecule has 5 heteroatoms. The quantitative estimate of drug-likeness (QED) is 0.475. The van der Waals surface area contributed by atoms with E-state index >= 15 is 0 Å². The first-order valence-electron chi connectivity index (χ1n) is 9.02. The van der Waals surface area contributed by atoms with Crippen molar-refractivity contribution in [2.24, 2.45) is 11.8 Å². The summed E-state index contributed by atoms with van der Waals surface area (Å²) in [5.74, 6) is 0.784. The maximum absolute atomic E-state index is 10.2. The molecule has 0 aromatic rings. The van der Waals surface area contributed by atoms with Crippen molar-refractivity contribution in [1.29, 1.82) is 0 Å². The lowest BCUT2D eigenvalue weighted by Crippen LogP contribution is -2.23. The number of hydrogen-bond acceptors (Lipinski definition) is 4. The lowest BCUT2D eigenvalue weighted by molar-refractivity contribution is -0.0939. The Kier molecular flexibility index (Phi) is 8.07. The van der Waals surface area contributed by atoms with Gasteiger partial charge in [-0.2, -0.15) is 0 Å². The van der Waals surface area contributed by atoms with Gasteiger partial charge in [-0.1, -0.05) is 39.0 Å². The molecule has 3 unspecified atom stereocenters. The third-order valence-corrected chi connectivity index (χ3v) is 5.77. The maximum Gasteiger partial charge on any atom is 0.155 e. The average molecular weight is 332 g/mol. The van der Waals surface area contributed by atoms with Crippen molar-refractivity contribution >= 4 is 9.47 Å². The van der Waals surface area contributed by atoms with E-state index in [4.69, 9.17) is 9.26 Å². The number of unbranched alkanes of at least 4 members (excludes halogenated alkanes) is 4. The molecule has 0 radical (unpaired) electrons. The van der Waals surface area contributed by atoms with Gasteiger partial charge < -0.3 is 19.5 Å². The molecule has 1 saturated carbocycles. The van der Waals surface area contributed by atoms with E-state index in [2.05, 4.69) is 16.4 Å². The number of hydrogen-bond donors (Lipinski definition) is 2. The number of aliphatic hydroxyl groups is 2. The van der Waals surface area contributed by atoms with Gasteiger partial charge in [0.1, 0.15) is 0 Å². The molecule has 0 spiro atoms. The van der Waals surface area contributed by atoms with Crippen LogP contribution in [0.5, 0.6) is 0 Å². The van der Waals surface area contributed by atoms with Crippen LogP contribution in [0.2, 0.25) is 0 Å².